The van der Waals surface area contributed by atoms with Crippen LogP contribution in [0.5, 0.6) is 11.5 Å². The summed E-state index contributed by atoms with van der Waals surface area (Å²) in [5, 5.41) is 9.08. The normalized spacial score (nSPS) is 16.1. The van der Waals surface area contributed by atoms with Gasteiger partial charge in [0.1, 0.15) is 17.1 Å². The standard InChI is InChI=1S/C19H18O5/c1-23-17-11-15(8-9-16(17)18(20)21)24-19(22)14-7-6-12-4-2-3-5-13(12)10-14/h2-5,8-9,11,14H,6-7,10H2,1H3,(H,20,21). The fraction of sp³-hybridized carbons (Fsp3) is 0.263. The molecule has 0 saturated carbocycles. The third-order valence-corrected chi connectivity index (χ3v) is 4.30. The molecule has 5 heteroatoms. The summed E-state index contributed by atoms with van der Waals surface area (Å²) >= 11 is 0. The van der Waals surface area contributed by atoms with Crippen LogP contribution in [0.1, 0.15) is 27.9 Å². The highest BCUT2D eigenvalue weighted by Gasteiger charge is 2.26. The molecule has 0 aromatic heterocycles. The van der Waals surface area contributed by atoms with Crippen LogP contribution in [-0.2, 0) is 17.6 Å². The third-order valence-electron chi connectivity index (χ3n) is 4.30. The van der Waals surface area contributed by atoms with E-state index in [9.17, 15) is 9.59 Å². The minimum Gasteiger partial charge on any atom is -0.496 e. The number of carbonyl (C=O) groups is 2. The number of aromatic carboxylic acids is 1. The number of methoxy groups -OCH3 is 1. The summed E-state index contributed by atoms with van der Waals surface area (Å²) in [6, 6.07) is 12.4. The van der Waals surface area contributed by atoms with E-state index in [1.807, 2.05) is 18.2 Å². The van der Waals surface area contributed by atoms with E-state index in [2.05, 4.69) is 6.07 Å². The molecule has 0 amide bonds. The molecule has 1 atom stereocenters. The Hall–Kier alpha value is -2.82. The number of ether oxygens (including phenoxy) is 2. The lowest BCUT2D eigenvalue weighted by Gasteiger charge is -2.23. The highest BCUT2D eigenvalue weighted by Crippen LogP contribution is 2.29. The first-order valence-corrected chi connectivity index (χ1v) is 7.78. The highest BCUT2D eigenvalue weighted by atomic mass is 16.5. The largest absolute Gasteiger partial charge is 0.496 e. The molecule has 2 aromatic carbocycles. The molecule has 0 radical (unpaired) electrons. The van der Waals surface area contributed by atoms with Crippen molar-refractivity contribution in [1.29, 1.82) is 0 Å². The monoisotopic (exact) mass is 326 g/mol. The average molecular weight is 326 g/mol. The van der Waals surface area contributed by atoms with Gasteiger partial charge < -0.3 is 14.6 Å². The number of rotatable bonds is 4. The zero-order valence-electron chi connectivity index (χ0n) is 13.3. The predicted molar refractivity (Wildman–Crippen MR) is 87.5 cm³/mol. The fourth-order valence-corrected chi connectivity index (χ4v) is 3.01. The molecule has 2 aromatic rings. The van der Waals surface area contributed by atoms with Crippen molar-refractivity contribution >= 4 is 11.9 Å². The minimum atomic E-state index is -1.09. The van der Waals surface area contributed by atoms with Crippen molar-refractivity contribution in [3.8, 4) is 11.5 Å². The van der Waals surface area contributed by atoms with Gasteiger partial charge in [0.05, 0.1) is 13.0 Å². The number of carbonyl (C=O) groups excluding carboxylic acids is 1. The van der Waals surface area contributed by atoms with Gasteiger partial charge in [0.25, 0.3) is 0 Å². The molecule has 5 nitrogen and oxygen atoms in total. The van der Waals surface area contributed by atoms with Gasteiger partial charge in [-0.25, -0.2) is 4.79 Å². The Kier molecular flexibility index (Phi) is 4.51. The van der Waals surface area contributed by atoms with Crippen LogP contribution in [-0.4, -0.2) is 24.2 Å². The van der Waals surface area contributed by atoms with Crippen LogP contribution in [0.15, 0.2) is 42.5 Å². The van der Waals surface area contributed by atoms with Gasteiger partial charge in [0.15, 0.2) is 0 Å². The molecule has 1 unspecified atom stereocenters. The molecule has 24 heavy (non-hydrogen) atoms. The zero-order chi connectivity index (χ0) is 17.1. The van der Waals surface area contributed by atoms with E-state index in [1.165, 1.54) is 36.4 Å². The molecule has 124 valence electrons. The Balaban J connectivity index is 1.73. The zero-order valence-corrected chi connectivity index (χ0v) is 13.3. The maximum atomic E-state index is 12.4. The summed E-state index contributed by atoms with van der Waals surface area (Å²) < 4.78 is 10.5. The van der Waals surface area contributed by atoms with E-state index in [1.54, 1.807) is 0 Å². The third kappa shape index (κ3) is 3.25. The van der Waals surface area contributed by atoms with E-state index in [4.69, 9.17) is 14.6 Å². The Morgan fingerprint density at radius 3 is 2.58 bits per heavy atom. The highest BCUT2D eigenvalue weighted by molar-refractivity contribution is 5.91. The summed E-state index contributed by atoms with van der Waals surface area (Å²) in [5.41, 5.74) is 2.50. The molecular weight excluding hydrogens is 308 g/mol. The number of fused-ring (bicyclic) bond motifs is 1. The first-order valence-electron chi connectivity index (χ1n) is 7.78. The molecular formula is C19H18O5. The van der Waals surface area contributed by atoms with Crippen LogP contribution in [0.2, 0.25) is 0 Å². The smallest absolute Gasteiger partial charge is 0.339 e. The first-order chi connectivity index (χ1) is 11.6. The maximum Gasteiger partial charge on any atom is 0.339 e. The van der Waals surface area contributed by atoms with Gasteiger partial charge in [-0.3, -0.25) is 4.79 Å². The Morgan fingerprint density at radius 1 is 1.12 bits per heavy atom. The van der Waals surface area contributed by atoms with Crippen molar-refractivity contribution in [1.82, 2.24) is 0 Å². The van der Waals surface area contributed by atoms with Crippen LogP contribution < -0.4 is 9.47 Å². The molecule has 0 heterocycles. The molecule has 0 aliphatic heterocycles. The number of hydrogen-bond donors (Lipinski definition) is 1. The molecule has 0 bridgehead atoms. The second kappa shape index (κ2) is 6.74. The van der Waals surface area contributed by atoms with Crippen LogP contribution >= 0.6 is 0 Å². The van der Waals surface area contributed by atoms with Crippen molar-refractivity contribution in [3.63, 3.8) is 0 Å². The number of carboxylic acids is 1. The van der Waals surface area contributed by atoms with Crippen LogP contribution in [0, 0.1) is 5.92 Å². The predicted octanol–water partition coefficient (Wildman–Crippen LogP) is 3.10. The Labute approximate surface area is 139 Å². The lowest BCUT2D eigenvalue weighted by atomic mass is 9.84. The lowest BCUT2D eigenvalue weighted by Crippen LogP contribution is -2.26. The van der Waals surface area contributed by atoms with Gasteiger partial charge in [-0.1, -0.05) is 24.3 Å². The summed E-state index contributed by atoms with van der Waals surface area (Å²) in [7, 11) is 1.38. The van der Waals surface area contributed by atoms with Gasteiger partial charge in [-0.2, -0.15) is 0 Å². The molecule has 1 N–H and O–H groups in total. The summed E-state index contributed by atoms with van der Waals surface area (Å²) in [4.78, 5) is 23.5. The molecule has 0 saturated heterocycles. The summed E-state index contributed by atoms with van der Waals surface area (Å²) in [6.45, 7) is 0. The van der Waals surface area contributed by atoms with E-state index in [0.29, 0.717) is 12.2 Å². The molecule has 0 spiro atoms. The lowest BCUT2D eigenvalue weighted by molar-refractivity contribution is -0.139. The first kappa shape index (κ1) is 16.1. The second-order valence-corrected chi connectivity index (χ2v) is 5.80. The van der Waals surface area contributed by atoms with Crippen LogP contribution in [0.25, 0.3) is 0 Å². The van der Waals surface area contributed by atoms with Crippen molar-refractivity contribution in [2.24, 2.45) is 5.92 Å². The number of carboxylic acid groups (broad SMARTS) is 1. The minimum absolute atomic E-state index is 0.0314. The number of hydrogen-bond acceptors (Lipinski definition) is 4. The Bertz CT molecular complexity index is 781. The summed E-state index contributed by atoms with van der Waals surface area (Å²) in [5.74, 6) is -1.12. The van der Waals surface area contributed by atoms with E-state index in [0.717, 1.165) is 12.8 Å². The van der Waals surface area contributed by atoms with Crippen LogP contribution in [0.4, 0.5) is 0 Å². The average Bonchev–Trinajstić information content (AvgIpc) is 2.60. The van der Waals surface area contributed by atoms with Crippen molar-refractivity contribution in [3.05, 3.63) is 59.2 Å². The fourth-order valence-electron chi connectivity index (χ4n) is 3.01. The number of esters is 1. The van der Waals surface area contributed by atoms with Crippen LogP contribution in [0.3, 0.4) is 0 Å². The quantitative estimate of drug-likeness (QED) is 0.690. The van der Waals surface area contributed by atoms with Crippen molar-refractivity contribution in [2.75, 3.05) is 7.11 Å². The van der Waals surface area contributed by atoms with E-state index >= 15 is 0 Å². The van der Waals surface area contributed by atoms with Gasteiger partial charge in [-0.05, 0) is 42.5 Å². The summed E-state index contributed by atoms with van der Waals surface area (Å²) in [6.07, 6.45) is 2.27. The number of aryl methyl sites for hydroxylation is 1. The maximum absolute atomic E-state index is 12.4. The van der Waals surface area contributed by atoms with E-state index in [-0.39, 0.29) is 23.2 Å². The SMILES string of the molecule is COc1cc(OC(=O)C2CCc3ccccc3C2)ccc1C(=O)O. The number of benzene rings is 2. The molecule has 1 aliphatic carbocycles. The van der Waals surface area contributed by atoms with Gasteiger partial charge in [-0.15, -0.1) is 0 Å². The second-order valence-electron chi connectivity index (χ2n) is 5.80. The topological polar surface area (TPSA) is 72.8 Å². The molecule has 0 fully saturated rings. The Morgan fingerprint density at radius 2 is 1.88 bits per heavy atom. The molecule has 1 aliphatic rings. The van der Waals surface area contributed by atoms with E-state index < -0.39 is 5.97 Å². The van der Waals surface area contributed by atoms with Gasteiger partial charge in [0, 0.05) is 6.07 Å². The molecule has 3 rings (SSSR count). The van der Waals surface area contributed by atoms with Crippen molar-refractivity contribution < 1.29 is 24.2 Å². The van der Waals surface area contributed by atoms with Crippen molar-refractivity contribution in [2.45, 2.75) is 19.3 Å². The van der Waals surface area contributed by atoms with Gasteiger partial charge >= 0.3 is 11.9 Å². The van der Waals surface area contributed by atoms with Gasteiger partial charge in [0.2, 0.25) is 0 Å².